The lowest BCUT2D eigenvalue weighted by Gasteiger charge is -2.03. The fraction of sp³-hybridized carbons (Fsp3) is 0.133. The molecule has 0 saturated heterocycles. The van der Waals surface area contributed by atoms with Gasteiger partial charge in [0.25, 0.3) is 5.69 Å². The molecule has 0 unspecified atom stereocenters. The molecule has 5 heteroatoms. The van der Waals surface area contributed by atoms with Gasteiger partial charge in [0.15, 0.2) is 0 Å². The van der Waals surface area contributed by atoms with Gasteiger partial charge in [-0.2, -0.15) is 0 Å². The number of aryl methyl sites for hydroxylation is 1. The molecule has 0 saturated carbocycles. The Hall–Kier alpha value is -2.14. The molecular weight excluding hydrogens is 274 g/mol. The molecule has 0 radical (unpaired) electrons. The van der Waals surface area contributed by atoms with E-state index in [1.54, 1.807) is 30.0 Å². The first-order valence-corrected chi connectivity index (χ1v) is 7.09. The van der Waals surface area contributed by atoms with E-state index < -0.39 is 4.92 Å². The number of aldehydes is 1. The molecule has 2 aromatic rings. The third-order valence-corrected chi connectivity index (χ3v) is 3.80. The van der Waals surface area contributed by atoms with E-state index in [9.17, 15) is 14.9 Å². The number of non-ortho nitro benzene ring substituents is 1. The highest BCUT2D eigenvalue weighted by Gasteiger charge is 2.04. The summed E-state index contributed by atoms with van der Waals surface area (Å²) in [5.74, 6) is 0.861. The van der Waals surface area contributed by atoms with Gasteiger partial charge in [0, 0.05) is 28.3 Å². The van der Waals surface area contributed by atoms with E-state index in [0.717, 1.165) is 28.9 Å². The van der Waals surface area contributed by atoms with E-state index in [1.807, 2.05) is 18.2 Å². The van der Waals surface area contributed by atoms with Crippen molar-refractivity contribution >= 4 is 23.7 Å². The topological polar surface area (TPSA) is 60.2 Å². The lowest BCUT2D eigenvalue weighted by molar-refractivity contribution is -0.384. The molecule has 2 rings (SSSR count). The summed E-state index contributed by atoms with van der Waals surface area (Å²) < 4.78 is 0. The van der Waals surface area contributed by atoms with Gasteiger partial charge in [-0.25, -0.2) is 0 Å². The van der Waals surface area contributed by atoms with Crippen LogP contribution in [0.3, 0.4) is 0 Å². The molecule has 0 atom stereocenters. The quantitative estimate of drug-likeness (QED) is 0.351. The first-order chi connectivity index (χ1) is 9.69. The molecular formula is C15H13NO3S. The number of nitro benzene ring substituents is 1. The molecule has 0 bridgehead atoms. The molecule has 0 fully saturated rings. The molecule has 0 aliphatic heterocycles. The molecule has 20 heavy (non-hydrogen) atoms. The van der Waals surface area contributed by atoms with E-state index in [4.69, 9.17) is 0 Å². The first-order valence-electron chi connectivity index (χ1n) is 6.10. The van der Waals surface area contributed by atoms with Crippen molar-refractivity contribution < 1.29 is 9.72 Å². The zero-order chi connectivity index (χ0) is 14.4. The predicted octanol–water partition coefficient (Wildman–Crippen LogP) is 3.74. The molecule has 4 nitrogen and oxygen atoms in total. The second-order valence-electron chi connectivity index (χ2n) is 4.21. The number of thioether (sulfide) groups is 1. The number of benzene rings is 2. The van der Waals surface area contributed by atoms with Gasteiger partial charge in [0.2, 0.25) is 0 Å². The summed E-state index contributed by atoms with van der Waals surface area (Å²) in [5.41, 5.74) is 1.85. The maximum atomic E-state index is 10.7. The predicted molar refractivity (Wildman–Crippen MR) is 79.4 cm³/mol. The smallest absolute Gasteiger partial charge is 0.269 e. The van der Waals surface area contributed by atoms with Gasteiger partial charge in [-0.1, -0.05) is 24.3 Å². The number of rotatable bonds is 6. The zero-order valence-corrected chi connectivity index (χ0v) is 11.5. The summed E-state index contributed by atoms with van der Waals surface area (Å²) in [6.07, 6.45) is 1.66. The largest absolute Gasteiger partial charge is 0.298 e. The second kappa shape index (κ2) is 6.86. The van der Waals surface area contributed by atoms with Crippen molar-refractivity contribution in [2.24, 2.45) is 0 Å². The third kappa shape index (κ3) is 3.93. The van der Waals surface area contributed by atoms with Crippen molar-refractivity contribution in [2.75, 3.05) is 5.75 Å². The number of carbonyl (C=O) groups is 1. The first kappa shape index (κ1) is 14.3. The number of nitro groups is 1. The highest BCUT2D eigenvalue weighted by molar-refractivity contribution is 7.99. The van der Waals surface area contributed by atoms with E-state index in [1.165, 1.54) is 12.1 Å². The summed E-state index contributed by atoms with van der Waals surface area (Å²) in [6, 6.07) is 14.0. The highest BCUT2D eigenvalue weighted by Crippen LogP contribution is 2.20. The molecule has 0 aliphatic carbocycles. The van der Waals surface area contributed by atoms with Crippen LogP contribution in [0.2, 0.25) is 0 Å². The molecule has 0 spiro atoms. The van der Waals surface area contributed by atoms with Crippen molar-refractivity contribution in [3.05, 3.63) is 69.8 Å². The Labute approximate surface area is 121 Å². The van der Waals surface area contributed by atoms with Crippen molar-refractivity contribution in [1.29, 1.82) is 0 Å². The van der Waals surface area contributed by atoms with Gasteiger partial charge in [-0.05, 0) is 24.1 Å². The molecule has 0 aliphatic rings. The van der Waals surface area contributed by atoms with Gasteiger partial charge in [0.1, 0.15) is 6.29 Å². The van der Waals surface area contributed by atoms with Gasteiger partial charge in [-0.3, -0.25) is 14.9 Å². The fourth-order valence-corrected chi connectivity index (χ4v) is 2.72. The van der Waals surface area contributed by atoms with Crippen LogP contribution >= 0.6 is 11.8 Å². The maximum absolute atomic E-state index is 10.7. The SMILES string of the molecule is O=Cc1cccc(SCCc2ccc([N+](=O)[O-])cc2)c1. The van der Waals surface area contributed by atoms with Gasteiger partial charge in [-0.15, -0.1) is 11.8 Å². The van der Waals surface area contributed by atoms with Crippen LogP contribution in [0.15, 0.2) is 53.4 Å². The standard InChI is InChI=1S/C15H13NO3S/c17-11-13-2-1-3-15(10-13)20-9-8-12-4-6-14(7-5-12)16(18)19/h1-7,10-11H,8-9H2. The molecule has 102 valence electrons. The van der Waals surface area contributed by atoms with Gasteiger partial charge in [0.05, 0.1) is 4.92 Å². The highest BCUT2D eigenvalue weighted by atomic mass is 32.2. The summed E-state index contributed by atoms with van der Waals surface area (Å²) in [5, 5.41) is 10.5. The maximum Gasteiger partial charge on any atom is 0.269 e. The van der Waals surface area contributed by atoms with Crippen molar-refractivity contribution in [3.63, 3.8) is 0 Å². The minimum absolute atomic E-state index is 0.111. The minimum atomic E-state index is -0.399. The Morgan fingerprint density at radius 3 is 2.55 bits per heavy atom. The summed E-state index contributed by atoms with van der Waals surface area (Å²) in [7, 11) is 0. The van der Waals surface area contributed by atoms with Gasteiger partial charge < -0.3 is 0 Å². The monoisotopic (exact) mass is 287 g/mol. The third-order valence-electron chi connectivity index (χ3n) is 2.80. The Morgan fingerprint density at radius 1 is 1.15 bits per heavy atom. The summed E-state index contributed by atoms with van der Waals surface area (Å²) >= 11 is 1.66. The van der Waals surface area contributed by atoms with Gasteiger partial charge >= 0.3 is 0 Å². The molecule has 0 heterocycles. The van der Waals surface area contributed by atoms with Crippen LogP contribution in [-0.2, 0) is 6.42 Å². The molecule has 2 aromatic carbocycles. The number of carbonyl (C=O) groups excluding carboxylic acids is 1. The van der Waals surface area contributed by atoms with Crippen LogP contribution in [0.25, 0.3) is 0 Å². The normalized spacial score (nSPS) is 10.2. The lowest BCUT2D eigenvalue weighted by Crippen LogP contribution is -1.91. The zero-order valence-electron chi connectivity index (χ0n) is 10.7. The van der Waals surface area contributed by atoms with Crippen LogP contribution in [0.5, 0.6) is 0 Å². The van der Waals surface area contributed by atoms with Crippen LogP contribution in [-0.4, -0.2) is 17.0 Å². The van der Waals surface area contributed by atoms with Crippen LogP contribution in [0.4, 0.5) is 5.69 Å². The van der Waals surface area contributed by atoms with Crippen LogP contribution in [0, 0.1) is 10.1 Å². The fourth-order valence-electron chi connectivity index (χ4n) is 1.75. The number of hydrogen-bond donors (Lipinski definition) is 0. The van der Waals surface area contributed by atoms with E-state index >= 15 is 0 Å². The number of nitrogens with zero attached hydrogens (tertiary/aromatic N) is 1. The van der Waals surface area contributed by atoms with Crippen LogP contribution < -0.4 is 0 Å². The summed E-state index contributed by atoms with van der Waals surface area (Å²) in [6.45, 7) is 0. The Bertz CT molecular complexity index is 611. The average molecular weight is 287 g/mol. The average Bonchev–Trinajstić information content (AvgIpc) is 2.48. The van der Waals surface area contributed by atoms with Crippen LogP contribution in [0.1, 0.15) is 15.9 Å². The Balaban J connectivity index is 1.89. The van der Waals surface area contributed by atoms with Crippen molar-refractivity contribution in [1.82, 2.24) is 0 Å². The van der Waals surface area contributed by atoms with E-state index in [2.05, 4.69) is 0 Å². The van der Waals surface area contributed by atoms with Crippen molar-refractivity contribution in [3.8, 4) is 0 Å². The molecule has 0 amide bonds. The second-order valence-corrected chi connectivity index (χ2v) is 5.38. The van der Waals surface area contributed by atoms with E-state index in [0.29, 0.717) is 5.56 Å². The minimum Gasteiger partial charge on any atom is -0.298 e. The number of hydrogen-bond acceptors (Lipinski definition) is 4. The molecule has 0 aromatic heterocycles. The molecule has 0 N–H and O–H groups in total. The Morgan fingerprint density at radius 2 is 1.90 bits per heavy atom. The summed E-state index contributed by atoms with van der Waals surface area (Å²) in [4.78, 5) is 21.9. The van der Waals surface area contributed by atoms with E-state index in [-0.39, 0.29) is 5.69 Å². The Kier molecular flexibility index (Phi) is 4.90. The lowest BCUT2D eigenvalue weighted by atomic mass is 10.1. The van der Waals surface area contributed by atoms with Crippen molar-refractivity contribution in [2.45, 2.75) is 11.3 Å².